The van der Waals surface area contributed by atoms with Crippen LogP contribution in [0.1, 0.15) is 45.7 Å². The third kappa shape index (κ3) is 6.37. The number of nitrogens with one attached hydrogen (secondary N) is 3. The van der Waals surface area contributed by atoms with Crippen molar-refractivity contribution >= 4 is 28.7 Å². The molecule has 0 saturated carbocycles. The van der Waals surface area contributed by atoms with Gasteiger partial charge in [0.25, 0.3) is 5.56 Å². The number of aromatic amines is 1. The summed E-state index contributed by atoms with van der Waals surface area (Å²) < 4.78 is 0.879. The first-order chi connectivity index (χ1) is 18.0. The lowest BCUT2D eigenvalue weighted by atomic mass is 9.96. The van der Waals surface area contributed by atoms with Crippen molar-refractivity contribution in [1.29, 1.82) is 0 Å². The molecule has 1 aromatic heterocycles. The van der Waals surface area contributed by atoms with Crippen molar-refractivity contribution in [3.05, 3.63) is 81.0 Å². The number of nitrogens with zero attached hydrogens (tertiary/aromatic N) is 1. The molecule has 2 amide bonds. The fourth-order valence-electron chi connectivity index (χ4n) is 4.31. The number of fused-ring (bicyclic) bond motifs is 1. The number of hydrogen-bond donors (Lipinski definition) is 4. The van der Waals surface area contributed by atoms with Crippen molar-refractivity contribution in [3.8, 4) is 0 Å². The second-order valence-corrected chi connectivity index (χ2v) is 9.80. The lowest BCUT2D eigenvalue weighted by molar-refractivity contribution is -0.143. The number of amides is 2. The zero-order valence-corrected chi connectivity index (χ0v) is 21.9. The Morgan fingerprint density at radius 2 is 1.50 bits per heavy atom. The van der Waals surface area contributed by atoms with Gasteiger partial charge >= 0.3 is 11.7 Å². The molecule has 4 N–H and O–H groups in total. The maximum atomic E-state index is 13.8. The van der Waals surface area contributed by atoms with Gasteiger partial charge in [-0.2, -0.15) is 0 Å². The summed E-state index contributed by atoms with van der Waals surface area (Å²) >= 11 is 0. The first-order valence-corrected chi connectivity index (χ1v) is 12.7. The van der Waals surface area contributed by atoms with Crippen molar-refractivity contribution < 1.29 is 19.5 Å². The highest BCUT2D eigenvalue weighted by atomic mass is 16.4. The van der Waals surface area contributed by atoms with E-state index in [4.69, 9.17) is 0 Å². The zero-order valence-electron chi connectivity index (χ0n) is 21.9. The van der Waals surface area contributed by atoms with Gasteiger partial charge in [-0.3, -0.25) is 14.4 Å². The van der Waals surface area contributed by atoms with E-state index in [1.807, 2.05) is 13.0 Å². The van der Waals surface area contributed by atoms with Crippen molar-refractivity contribution in [2.75, 3.05) is 0 Å². The Morgan fingerprint density at radius 3 is 2.11 bits per heavy atom. The van der Waals surface area contributed by atoms with Gasteiger partial charge in [-0.25, -0.2) is 14.2 Å². The summed E-state index contributed by atoms with van der Waals surface area (Å²) in [4.78, 5) is 67.8. The molecule has 4 unspecified atom stereocenters. The lowest BCUT2D eigenvalue weighted by Gasteiger charge is -2.28. The Kier molecular flexibility index (Phi) is 9.22. The highest BCUT2D eigenvalue weighted by Gasteiger charge is 2.34. The van der Waals surface area contributed by atoms with Crippen LogP contribution in [-0.4, -0.2) is 44.5 Å². The van der Waals surface area contributed by atoms with Crippen LogP contribution in [0.25, 0.3) is 10.9 Å². The molecule has 1 heterocycles. The summed E-state index contributed by atoms with van der Waals surface area (Å²) in [5, 5.41) is 15.0. The molecule has 2 aromatic carbocycles. The van der Waals surface area contributed by atoms with Crippen LogP contribution in [0.2, 0.25) is 0 Å². The number of carbonyl (C=O) groups is 3. The molecule has 10 nitrogen and oxygen atoms in total. The molecule has 0 fully saturated rings. The number of benzene rings is 2. The fraction of sp³-hybridized carbons (Fsp3) is 0.393. The number of aliphatic carboxylic acids is 1. The van der Waals surface area contributed by atoms with Gasteiger partial charge in [0.05, 0.1) is 10.9 Å². The maximum absolute atomic E-state index is 13.8. The molecular formula is C28H34N4O6. The SMILES string of the molecule is CCC(C)C(NC(=O)C(Cc1ccccc1)n1c(=O)[nH]c2ccccc2c1=O)C(=O)NC(C(=O)O)C(C)C. The molecule has 3 aromatic rings. The van der Waals surface area contributed by atoms with E-state index in [0.29, 0.717) is 17.5 Å². The minimum atomic E-state index is -1.27. The van der Waals surface area contributed by atoms with Crippen molar-refractivity contribution in [1.82, 2.24) is 20.2 Å². The van der Waals surface area contributed by atoms with Gasteiger partial charge in [-0.05, 0) is 29.5 Å². The topological polar surface area (TPSA) is 150 Å². The molecule has 10 heteroatoms. The van der Waals surface area contributed by atoms with E-state index in [0.717, 1.165) is 4.57 Å². The molecule has 0 radical (unpaired) electrons. The minimum Gasteiger partial charge on any atom is -0.480 e. The van der Waals surface area contributed by atoms with Gasteiger partial charge < -0.3 is 20.7 Å². The summed E-state index contributed by atoms with van der Waals surface area (Å²) in [5.41, 5.74) is -0.318. The van der Waals surface area contributed by atoms with Crippen LogP contribution in [0.4, 0.5) is 0 Å². The van der Waals surface area contributed by atoms with E-state index in [-0.39, 0.29) is 23.6 Å². The van der Waals surface area contributed by atoms with Gasteiger partial charge in [0.1, 0.15) is 18.1 Å². The Labute approximate surface area is 220 Å². The molecule has 0 aliphatic carbocycles. The number of para-hydroxylation sites is 1. The van der Waals surface area contributed by atoms with E-state index in [9.17, 15) is 29.1 Å². The summed E-state index contributed by atoms with van der Waals surface area (Å²) in [5.74, 6) is -3.27. The van der Waals surface area contributed by atoms with Crippen LogP contribution in [0.3, 0.4) is 0 Å². The number of aromatic nitrogens is 2. The molecule has 38 heavy (non-hydrogen) atoms. The predicted octanol–water partition coefficient (Wildman–Crippen LogP) is 2.23. The highest BCUT2D eigenvalue weighted by molar-refractivity contribution is 5.92. The largest absolute Gasteiger partial charge is 0.480 e. The van der Waals surface area contributed by atoms with Gasteiger partial charge in [0.15, 0.2) is 0 Å². The Balaban J connectivity index is 2.04. The van der Waals surface area contributed by atoms with E-state index >= 15 is 0 Å². The number of carboxylic acid groups (broad SMARTS) is 1. The molecule has 0 saturated heterocycles. The Bertz CT molecular complexity index is 1410. The second kappa shape index (κ2) is 12.4. The first-order valence-electron chi connectivity index (χ1n) is 12.7. The first kappa shape index (κ1) is 28.4. The maximum Gasteiger partial charge on any atom is 0.329 e. The lowest BCUT2D eigenvalue weighted by Crippen LogP contribution is -2.57. The van der Waals surface area contributed by atoms with Crippen LogP contribution in [0.15, 0.2) is 64.2 Å². The van der Waals surface area contributed by atoms with E-state index in [2.05, 4.69) is 15.6 Å². The summed E-state index contributed by atoms with van der Waals surface area (Å²) in [6.07, 6.45) is 0.532. The summed E-state index contributed by atoms with van der Waals surface area (Å²) in [6, 6.07) is 12.0. The molecular weight excluding hydrogens is 488 g/mol. The number of rotatable bonds is 11. The van der Waals surface area contributed by atoms with Crippen LogP contribution in [0, 0.1) is 11.8 Å². The van der Waals surface area contributed by atoms with Crippen molar-refractivity contribution in [2.45, 2.75) is 58.7 Å². The van der Waals surface area contributed by atoms with Gasteiger partial charge in [-0.1, -0.05) is 76.6 Å². The van der Waals surface area contributed by atoms with Crippen LogP contribution >= 0.6 is 0 Å². The molecule has 0 spiro atoms. The number of carbonyl (C=O) groups excluding carboxylic acids is 2. The van der Waals surface area contributed by atoms with E-state index in [1.165, 1.54) is 0 Å². The number of carboxylic acids is 1. The standard InChI is InChI=1S/C28H34N4O6/c1-5-17(4)23(25(34)30-22(16(2)3)27(36)37)31-24(33)21(15-18-11-7-6-8-12-18)32-26(35)19-13-9-10-14-20(19)29-28(32)38/h6-14,16-17,21-23H,5,15H2,1-4H3,(H,29,38)(H,30,34)(H,31,33)(H,36,37). The van der Waals surface area contributed by atoms with Crippen molar-refractivity contribution in [3.63, 3.8) is 0 Å². The minimum absolute atomic E-state index is 0.0204. The average Bonchev–Trinajstić information content (AvgIpc) is 2.89. The summed E-state index contributed by atoms with van der Waals surface area (Å²) in [7, 11) is 0. The van der Waals surface area contributed by atoms with Crippen LogP contribution < -0.4 is 21.9 Å². The second-order valence-electron chi connectivity index (χ2n) is 9.80. The van der Waals surface area contributed by atoms with E-state index < -0.39 is 47.2 Å². The fourth-order valence-corrected chi connectivity index (χ4v) is 4.31. The molecule has 4 atom stereocenters. The number of H-pyrrole nitrogens is 1. The monoisotopic (exact) mass is 522 g/mol. The Morgan fingerprint density at radius 1 is 0.895 bits per heavy atom. The van der Waals surface area contributed by atoms with Gasteiger partial charge in [-0.15, -0.1) is 0 Å². The molecule has 0 aliphatic heterocycles. The smallest absolute Gasteiger partial charge is 0.329 e. The summed E-state index contributed by atoms with van der Waals surface area (Å²) in [6.45, 7) is 6.94. The van der Waals surface area contributed by atoms with Crippen LogP contribution in [-0.2, 0) is 20.8 Å². The normalized spacial score (nSPS) is 14.4. The molecule has 202 valence electrons. The quantitative estimate of drug-likeness (QED) is 0.303. The third-order valence-electron chi connectivity index (χ3n) is 6.75. The Hall–Kier alpha value is -4.21. The van der Waals surface area contributed by atoms with Crippen molar-refractivity contribution in [2.24, 2.45) is 11.8 Å². The average molecular weight is 523 g/mol. The molecule has 3 rings (SSSR count). The predicted molar refractivity (Wildman–Crippen MR) is 144 cm³/mol. The van der Waals surface area contributed by atoms with Gasteiger partial charge in [0.2, 0.25) is 11.8 Å². The van der Waals surface area contributed by atoms with Gasteiger partial charge in [0, 0.05) is 6.42 Å². The number of hydrogen-bond acceptors (Lipinski definition) is 5. The zero-order chi connectivity index (χ0) is 28.0. The third-order valence-corrected chi connectivity index (χ3v) is 6.75. The van der Waals surface area contributed by atoms with Crippen LogP contribution in [0.5, 0.6) is 0 Å². The molecule has 0 bridgehead atoms. The van der Waals surface area contributed by atoms with E-state index in [1.54, 1.807) is 69.3 Å². The molecule has 0 aliphatic rings. The highest BCUT2D eigenvalue weighted by Crippen LogP contribution is 2.16.